The van der Waals surface area contributed by atoms with Gasteiger partial charge in [0.25, 0.3) is 5.91 Å². The minimum absolute atomic E-state index is 0.223. The summed E-state index contributed by atoms with van der Waals surface area (Å²) in [5.74, 6) is 5.85. The third-order valence-electron chi connectivity index (χ3n) is 4.65. The first-order valence-corrected chi connectivity index (χ1v) is 9.62. The lowest BCUT2D eigenvalue weighted by molar-refractivity contribution is 0.0704. The Morgan fingerprint density at radius 3 is 2.93 bits per heavy atom. The monoisotopic (exact) mass is 387 g/mol. The van der Waals surface area contributed by atoms with Crippen LogP contribution in [0.4, 0.5) is 15.5 Å². The van der Waals surface area contributed by atoms with Crippen molar-refractivity contribution in [1.29, 1.82) is 0 Å². The van der Waals surface area contributed by atoms with E-state index in [0.717, 1.165) is 21.1 Å². The number of benzene rings is 1. The van der Waals surface area contributed by atoms with Crippen molar-refractivity contribution >= 4 is 34.0 Å². The summed E-state index contributed by atoms with van der Waals surface area (Å²) in [4.78, 5) is 27.6. The van der Waals surface area contributed by atoms with E-state index in [-0.39, 0.29) is 12.0 Å². The van der Waals surface area contributed by atoms with E-state index in [1.165, 1.54) is 16.3 Å². The van der Waals surface area contributed by atoms with E-state index in [2.05, 4.69) is 10.6 Å². The number of ether oxygens (including phenoxy) is 1. The van der Waals surface area contributed by atoms with Gasteiger partial charge in [-0.2, -0.15) is 0 Å². The second-order valence-corrected chi connectivity index (χ2v) is 7.45. The number of carbonyl (C=O) groups excluding carboxylic acids is 2. The summed E-state index contributed by atoms with van der Waals surface area (Å²) < 4.78 is 5.09. The van der Waals surface area contributed by atoms with E-state index in [9.17, 15) is 9.59 Å². The first kappa shape index (κ1) is 17.6. The standard InChI is InChI=1S/C18H21N5O3S/c1-2-26-18(25)22-9-8-12-13(10-22)27-15-14(12)16(24)23(19)17(21-15)20-11-6-4-3-5-7-11/h3-7,17,20-21H,2,8-10,19H2,1H3. The van der Waals surface area contributed by atoms with Gasteiger partial charge >= 0.3 is 6.09 Å². The van der Waals surface area contributed by atoms with Crippen molar-refractivity contribution in [2.45, 2.75) is 26.2 Å². The third-order valence-corrected chi connectivity index (χ3v) is 5.80. The minimum atomic E-state index is -0.548. The molecule has 0 fully saturated rings. The van der Waals surface area contributed by atoms with Gasteiger partial charge in [-0.1, -0.05) is 18.2 Å². The molecule has 1 aromatic heterocycles. The average Bonchev–Trinajstić information content (AvgIpc) is 3.04. The molecule has 2 aromatic rings. The largest absolute Gasteiger partial charge is 0.450 e. The van der Waals surface area contributed by atoms with Gasteiger partial charge < -0.3 is 20.3 Å². The molecule has 0 aliphatic carbocycles. The summed E-state index contributed by atoms with van der Waals surface area (Å²) in [5.41, 5.74) is 2.45. The average molecular weight is 387 g/mol. The van der Waals surface area contributed by atoms with E-state index in [1.54, 1.807) is 11.8 Å². The number of para-hydroxylation sites is 1. The SMILES string of the molecule is CCOC(=O)N1CCc2c(sc3c2C(=O)N(N)C(Nc2ccccc2)N3)C1. The Morgan fingerprint density at radius 1 is 1.41 bits per heavy atom. The van der Waals surface area contributed by atoms with Crippen LogP contribution in [0, 0.1) is 0 Å². The van der Waals surface area contributed by atoms with Crippen molar-refractivity contribution in [2.24, 2.45) is 5.84 Å². The highest BCUT2D eigenvalue weighted by Gasteiger charge is 2.37. The highest BCUT2D eigenvalue weighted by molar-refractivity contribution is 7.16. The lowest BCUT2D eigenvalue weighted by atomic mass is 10.0. The molecule has 142 valence electrons. The number of hydrogen-bond acceptors (Lipinski definition) is 7. The molecule has 0 bridgehead atoms. The van der Waals surface area contributed by atoms with Gasteiger partial charge in [-0.05, 0) is 31.0 Å². The molecule has 9 heteroatoms. The van der Waals surface area contributed by atoms with Crippen LogP contribution in [0.5, 0.6) is 0 Å². The van der Waals surface area contributed by atoms with Crippen LogP contribution < -0.4 is 16.5 Å². The molecule has 1 atom stereocenters. The van der Waals surface area contributed by atoms with Gasteiger partial charge in [-0.25, -0.2) is 15.6 Å². The smallest absolute Gasteiger partial charge is 0.410 e. The van der Waals surface area contributed by atoms with E-state index < -0.39 is 6.29 Å². The van der Waals surface area contributed by atoms with Crippen LogP contribution in [0.15, 0.2) is 30.3 Å². The van der Waals surface area contributed by atoms with Gasteiger partial charge in [-0.15, -0.1) is 11.3 Å². The van der Waals surface area contributed by atoms with Crippen molar-refractivity contribution in [1.82, 2.24) is 9.91 Å². The second kappa shape index (κ2) is 7.09. The molecule has 27 heavy (non-hydrogen) atoms. The molecule has 2 amide bonds. The van der Waals surface area contributed by atoms with Crippen molar-refractivity contribution in [3.05, 3.63) is 46.3 Å². The topological polar surface area (TPSA) is 99.9 Å². The van der Waals surface area contributed by atoms with Gasteiger partial charge in [-0.3, -0.25) is 4.79 Å². The van der Waals surface area contributed by atoms with Crippen LogP contribution in [0.25, 0.3) is 0 Å². The number of nitrogens with zero attached hydrogens (tertiary/aromatic N) is 2. The zero-order chi connectivity index (χ0) is 19.0. The van der Waals surface area contributed by atoms with Crippen molar-refractivity contribution in [2.75, 3.05) is 23.8 Å². The van der Waals surface area contributed by atoms with E-state index in [4.69, 9.17) is 10.6 Å². The molecule has 4 rings (SSSR count). The molecule has 2 aliphatic rings. The Balaban J connectivity index is 1.58. The molecule has 2 aliphatic heterocycles. The molecular weight excluding hydrogens is 366 g/mol. The Hall–Kier alpha value is -2.78. The van der Waals surface area contributed by atoms with Crippen LogP contribution in [-0.2, 0) is 17.7 Å². The predicted molar refractivity (Wildman–Crippen MR) is 103 cm³/mol. The Morgan fingerprint density at radius 2 is 2.19 bits per heavy atom. The number of hydrazine groups is 1. The lowest BCUT2D eigenvalue weighted by Gasteiger charge is -2.34. The van der Waals surface area contributed by atoms with Crippen LogP contribution in [0.2, 0.25) is 0 Å². The molecule has 0 saturated heterocycles. The number of anilines is 2. The number of hydrogen-bond donors (Lipinski definition) is 3. The van der Waals surface area contributed by atoms with Crippen molar-refractivity contribution in [3.8, 4) is 0 Å². The fraction of sp³-hybridized carbons (Fsp3) is 0.333. The van der Waals surface area contributed by atoms with Crippen LogP contribution in [0.3, 0.4) is 0 Å². The van der Waals surface area contributed by atoms with Gasteiger partial charge in [0.05, 0.1) is 18.7 Å². The summed E-state index contributed by atoms with van der Waals surface area (Å²) >= 11 is 1.49. The zero-order valence-corrected chi connectivity index (χ0v) is 15.7. The van der Waals surface area contributed by atoms with E-state index >= 15 is 0 Å². The second-order valence-electron chi connectivity index (χ2n) is 6.35. The molecular formula is C18H21N5O3S. The molecule has 0 saturated carbocycles. The van der Waals surface area contributed by atoms with E-state index in [1.807, 2.05) is 30.3 Å². The lowest BCUT2D eigenvalue weighted by Crippen LogP contribution is -2.56. The number of rotatable bonds is 3. The first-order valence-electron chi connectivity index (χ1n) is 8.81. The molecule has 4 N–H and O–H groups in total. The predicted octanol–water partition coefficient (Wildman–Crippen LogP) is 2.40. The maximum Gasteiger partial charge on any atom is 0.410 e. The maximum atomic E-state index is 12.9. The van der Waals surface area contributed by atoms with Gasteiger partial charge in [0.15, 0.2) is 6.29 Å². The van der Waals surface area contributed by atoms with Crippen LogP contribution in [0.1, 0.15) is 27.7 Å². The number of fused-ring (bicyclic) bond motifs is 3. The molecule has 3 heterocycles. The number of carbonyl (C=O) groups is 2. The molecule has 1 unspecified atom stereocenters. The summed E-state index contributed by atoms with van der Waals surface area (Å²) in [6.45, 7) is 3.11. The molecule has 0 radical (unpaired) electrons. The summed E-state index contributed by atoms with van der Waals surface area (Å²) in [6, 6.07) is 9.56. The quantitative estimate of drug-likeness (QED) is 0.552. The number of amides is 2. The van der Waals surface area contributed by atoms with Crippen molar-refractivity contribution in [3.63, 3.8) is 0 Å². The molecule has 8 nitrogen and oxygen atoms in total. The normalized spacial score (nSPS) is 18.4. The first-order chi connectivity index (χ1) is 13.1. The highest BCUT2D eigenvalue weighted by atomic mass is 32.1. The van der Waals surface area contributed by atoms with Crippen LogP contribution in [-0.4, -0.2) is 41.4 Å². The number of nitrogens with one attached hydrogen (secondary N) is 2. The fourth-order valence-electron chi connectivity index (χ4n) is 3.34. The summed E-state index contributed by atoms with van der Waals surface area (Å²) in [6.07, 6.45) is -0.260. The Bertz CT molecular complexity index is 869. The molecule has 1 aromatic carbocycles. The fourth-order valence-corrected chi connectivity index (χ4v) is 4.62. The highest BCUT2D eigenvalue weighted by Crippen LogP contribution is 2.40. The zero-order valence-electron chi connectivity index (χ0n) is 14.9. The number of nitrogens with two attached hydrogens (primary N) is 1. The van der Waals surface area contributed by atoms with Gasteiger partial charge in [0, 0.05) is 17.1 Å². The Labute approximate surface area is 160 Å². The summed E-state index contributed by atoms with van der Waals surface area (Å²) in [7, 11) is 0. The van der Waals surface area contributed by atoms with Crippen molar-refractivity contribution < 1.29 is 14.3 Å². The Kier molecular flexibility index (Phi) is 4.63. The van der Waals surface area contributed by atoms with E-state index in [0.29, 0.717) is 31.7 Å². The minimum Gasteiger partial charge on any atom is -0.450 e. The summed E-state index contributed by atoms with van der Waals surface area (Å²) in [5, 5.41) is 8.49. The number of thiophene rings is 1. The van der Waals surface area contributed by atoms with Gasteiger partial charge in [0.2, 0.25) is 0 Å². The maximum absolute atomic E-state index is 12.9. The third kappa shape index (κ3) is 3.19. The van der Waals surface area contributed by atoms with Crippen LogP contribution >= 0.6 is 11.3 Å². The van der Waals surface area contributed by atoms with Gasteiger partial charge in [0.1, 0.15) is 5.00 Å². The molecule has 0 spiro atoms.